The number of benzene rings is 1. The summed E-state index contributed by atoms with van der Waals surface area (Å²) < 4.78 is 6.35. The molecule has 2 aromatic heterocycles. The lowest BCUT2D eigenvalue weighted by Gasteiger charge is -2.23. The smallest absolute Gasteiger partial charge is 0.222 e. The molecule has 1 amide bonds. The van der Waals surface area contributed by atoms with E-state index in [1.54, 1.807) is 6.20 Å². The van der Waals surface area contributed by atoms with Gasteiger partial charge < -0.3 is 15.0 Å². The summed E-state index contributed by atoms with van der Waals surface area (Å²) in [5.74, 6) is 0.636. The number of allylic oxidation sites excluding steroid dienone is 2. The van der Waals surface area contributed by atoms with Crippen LogP contribution in [0.4, 0.5) is 0 Å². The first-order valence-electron chi connectivity index (χ1n) is 12.0. The van der Waals surface area contributed by atoms with Crippen molar-refractivity contribution in [2.24, 2.45) is 5.92 Å². The van der Waals surface area contributed by atoms with Crippen LogP contribution in [0.5, 0.6) is 5.75 Å². The summed E-state index contributed by atoms with van der Waals surface area (Å²) in [5.41, 5.74) is 6.76. The molecule has 0 fully saturated rings. The molecule has 0 spiro atoms. The van der Waals surface area contributed by atoms with Crippen LogP contribution in [0.25, 0.3) is 16.6 Å². The summed E-state index contributed by atoms with van der Waals surface area (Å²) in [6.07, 6.45) is 5.61. The van der Waals surface area contributed by atoms with Gasteiger partial charge in [-0.25, -0.2) is 4.98 Å². The molecule has 3 aromatic rings. The van der Waals surface area contributed by atoms with E-state index in [4.69, 9.17) is 9.72 Å². The van der Waals surface area contributed by atoms with Crippen molar-refractivity contribution in [2.45, 2.75) is 47.8 Å². The monoisotopic (exact) mass is 472 g/mol. The van der Waals surface area contributed by atoms with E-state index in [1.807, 2.05) is 58.0 Å². The predicted molar refractivity (Wildman–Crippen MR) is 143 cm³/mol. The molecule has 0 atom stereocenters. The third kappa shape index (κ3) is 6.07. The lowest BCUT2D eigenvalue weighted by Crippen LogP contribution is -2.28. The summed E-state index contributed by atoms with van der Waals surface area (Å²) in [4.78, 5) is 23.6. The van der Waals surface area contributed by atoms with Crippen molar-refractivity contribution in [1.82, 2.24) is 20.2 Å². The molecule has 0 aliphatic carbocycles. The second kappa shape index (κ2) is 11.6. The van der Waals surface area contributed by atoms with Gasteiger partial charge >= 0.3 is 0 Å². The number of nitrogens with one attached hydrogen (secondary N) is 1. The van der Waals surface area contributed by atoms with E-state index in [2.05, 4.69) is 47.9 Å². The largest absolute Gasteiger partial charge is 0.487 e. The van der Waals surface area contributed by atoms with E-state index in [1.165, 1.54) is 0 Å². The predicted octanol–water partition coefficient (Wildman–Crippen LogP) is 5.58. The number of ether oxygens (including phenoxy) is 1. The number of aryl methyl sites for hydroxylation is 2. The lowest BCUT2D eigenvalue weighted by molar-refractivity contribution is -0.124. The van der Waals surface area contributed by atoms with Crippen molar-refractivity contribution in [3.8, 4) is 5.75 Å². The fourth-order valence-corrected chi connectivity index (χ4v) is 3.90. The van der Waals surface area contributed by atoms with Gasteiger partial charge in [-0.15, -0.1) is 0 Å². The molecule has 0 radical (unpaired) electrons. The summed E-state index contributed by atoms with van der Waals surface area (Å²) in [7, 11) is 2.07. The second-order valence-corrected chi connectivity index (χ2v) is 8.98. The van der Waals surface area contributed by atoms with E-state index >= 15 is 0 Å². The molecule has 0 unspecified atom stereocenters. The third-order valence-corrected chi connectivity index (χ3v) is 6.07. The fourth-order valence-electron chi connectivity index (χ4n) is 3.90. The minimum absolute atomic E-state index is 0.00172. The quantitative estimate of drug-likeness (QED) is 0.390. The minimum Gasteiger partial charge on any atom is -0.487 e. The van der Waals surface area contributed by atoms with Gasteiger partial charge in [0, 0.05) is 53.6 Å². The number of hydrogen-bond donors (Lipinski definition) is 1. The maximum atomic E-state index is 12.1. The Balaban J connectivity index is 1.97. The maximum Gasteiger partial charge on any atom is 0.222 e. The first kappa shape index (κ1) is 25.9. The maximum absolute atomic E-state index is 12.1. The molecule has 0 saturated heterocycles. The first-order valence-corrected chi connectivity index (χ1v) is 12.0. The third-order valence-electron chi connectivity index (χ3n) is 6.07. The molecule has 0 aliphatic rings. The van der Waals surface area contributed by atoms with Gasteiger partial charge in [-0.2, -0.15) is 0 Å². The number of rotatable bonds is 10. The molecule has 6 heteroatoms. The average molecular weight is 473 g/mol. The van der Waals surface area contributed by atoms with Gasteiger partial charge in [0.1, 0.15) is 17.9 Å². The van der Waals surface area contributed by atoms with Crippen LogP contribution in [0.1, 0.15) is 48.8 Å². The highest BCUT2D eigenvalue weighted by Crippen LogP contribution is 2.32. The van der Waals surface area contributed by atoms with Crippen LogP contribution >= 0.6 is 0 Å². The van der Waals surface area contributed by atoms with Crippen molar-refractivity contribution in [3.63, 3.8) is 0 Å². The molecule has 2 heterocycles. The van der Waals surface area contributed by atoms with Crippen molar-refractivity contribution in [1.29, 1.82) is 0 Å². The second-order valence-electron chi connectivity index (χ2n) is 8.98. The van der Waals surface area contributed by atoms with E-state index in [0.29, 0.717) is 18.9 Å². The van der Waals surface area contributed by atoms with Gasteiger partial charge in [0.05, 0.1) is 12.2 Å². The number of hydrogen-bond acceptors (Lipinski definition) is 5. The van der Waals surface area contributed by atoms with Crippen LogP contribution in [0.3, 0.4) is 0 Å². The number of para-hydroxylation sites is 1. The molecule has 35 heavy (non-hydrogen) atoms. The Bertz CT molecular complexity index is 1250. The van der Waals surface area contributed by atoms with Crippen LogP contribution in [-0.2, 0) is 17.9 Å². The lowest BCUT2D eigenvalue weighted by atomic mass is 10.0. The Morgan fingerprint density at radius 1 is 1.26 bits per heavy atom. The molecular formula is C29H36N4O2. The van der Waals surface area contributed by atoms with Gasteiger partial charge in [0.15, 0.2) is 0 Å². The Kier molecular flexibility index (Phi) is 8.63. The molecule has 6 nitrogen and oxygen atoms in total. The van der Waals surface area contributed by atoms with Gasteiger partial charge in [-0.05, 0) is 50.6 Å². The van der Waals surface area contributed by atoms with Gasteiger partial charge in [0.2, 0.25) is 5.91 Å². The topological polar surface area (TPSA) is 67.4 Å². The Morgan fingerprint density at radius 2 is 2.03 bits per heavy atom. The zero-order chi connectivity index (χ0) is 25.5. The number of pyridine rings is 2. The Hall–Kier alpha value is -3.67. The summed E-state index contributed by atoms with van der Waals surface area (Å²) in [6, 6.07) is 10.1. The highest BCUT2D eigenvalue weighted by atomic mass is 16.5. The highest BCUT2D eigenvalue weighted by Gasteiger charge is 2.16. The minimum atomic E-state index is -0.0783. The van der Waals surface area contributed by atoms with Crippen LogP contribution in [-0.4, -0.2) is 34.4 Å². The summed E-state index contributed by atoms with van der Waals surface area (Å²) >= 11 is 0. The number of aromatic nitrogens is 2. The van der Waals surface area contributed by atoms with E-state index in [-0.39, 0.29) is 11.8 Å². The van der Waals surface area contributed by atoms with Crippen LogP contribution < -0.4 is 10.1 Å². The van der Waals surface area contributed by atoms with Gasteiger partial charge in [-0.3, -0.25) is 9.78 Å². The number of carbonyl (C=O) groups excluding carboxylic acids is 1. The average Bonchev–Trinajstić information content (AvgIpc) is 2.84. The van der Waals surface area contributed by atoms with Crippen LogP contribution in [0.2, 0.25) is 0 Å². The Morgan fingerprint density at radius 3 is 2.71 bits per heavy atom. The molecule has 0 aliphatic heterocycles. The zero-order valence-electron chi connectivity index (χ0n) is 21.7. The molecule has 0 bridgehead atoms. The van der Waals surface area contributed by atoms with E-state index < -0.39 is 0 Å². The van der Waals surface area contributed by atoms with Crippen molar-refractivity contribution in [3.05, 3.63) is 83.3 Å². The van der Waals surface area contributed by atoms with Crippen molar-refractivity contribution < 1.29 is 9.53 Å². The summed E-state index contributed by atoms with van der Waals surface area (Å²) in [5, 5.41) is 3.98. The molecule has 3 rings (SSSR count). The van der Waals surface area contributed by atoms with Crippen LogP contribution in [0.15, 0.2) is 55.3 Å². The first-order chi connectivity index (χ1) is 16.8. The molecule has 1 aromatic carbocycles. The standard InChI is InChI=1S/C29H36N4O2/c1-8-11-26(33(7)9-2)23-16-21(6)32-28-22(23)12-10-13-27(28)35-18-24-20(5)14-15-30-25(24)17-31-29(34)19(3)4/h8,10-16,19H,1,9,17-18H2,2-7H3,(H,31,34)/b26-11-. The number of fused-ring (bicyclic) bond motifs is 1. The summed E-state index contributed by atoms with van der Waals surface area (Å²) in [6.45, 7) is 15.4. The van der Waals surface area contributed by atoms with Gasteiger partial charge in [-0.1, -0.05) is 38.6 Å². The molecule has 184 valence electrons. The molecule has 1 N–H and O–H groups in total. The normalized spacial score (nSPS) is 11.6. The van der Waals surface area contributed by atoms with E-state index in [9.17, 15) is 4.79 Å². The molecular weight excluding hydrogens is 436 g/mol. The SMILES string of the molecule is C=C/C=C(/c1cc(C)nc2c(OCc3c(C)ccnc3CNC(=O)C(C)C)cccc12)N(C)CC. The van der Waals surface area contributed by atoms with Crippen molar-refractivity contribution >= 4 is 22.5 Å². The van der Waals surface area contributed by atoms with Gasteiger partial charge in [0.25, 0.3) is 0 Å². The van der Waals surface area contributed by atoms with Crippen molar-refractivity contribution in [2.75, 3.05) is 13.6 Å². The highest BCUT2D eigenvalue weighted by molar-refractivity contribution is 5.94. The number of amides is 1. The molecule has 0 saturated carbocycles. The fraction of sp³-hybridized carbons (Fsp3) is 0.345. The number of nitrogens with zero attached hydrogens (tertiary/aromatic N) is 3. The van der Waals surface area contributed by atoms with E-state index in [0.717, 1.165) is 51.2 Å². The Labute approximate surface area is 208 Å². The van der Waals surface area contributed by atoms with Crippen LogP contribution in [0, 0.1) is 19.8 Å². The number of carbonyl (C=O) groups is 1. The zero-order valence-corrected chi connectivity index (χ0v) is 21.7.